The van der Waals surface area contributed by atoms with Gasteiger partial charge >= 0.3 is 0 Å². The normalized spacial score (nSPS) is 12.1. The fourth-order valence-electron chi connectivity index (χ4n) is 6.03. The maximum atomic E-state index is 10.9. The number of benzene rings is 5. The Balaban J connectivity index is 1.58. The molecule has 8 heteroatoms. The van der Waals surface area contributed by atoms with Gasteiger partial charge in [-0.25, -0.2) is 0 Å². The van der Waals surface area contributed by atoms with Crippen LogP contribution in [0.5, 0.6) is 46.0 Å². The topological polar surface area (TPSA) is 162 Å². The molecule has 244 valence electrons. The van der Waals surface area contributed by atoms with Crippen molar-refractivity contribution >= 4 is 5.57 Å². The van der Waals surface area contributed by atoms with Crippen LogP contribution in [-0.4, -0.2) is 40.9 Å². The second-order valence-electron chi connectivity index (χ2n) is 11.7. The Kier molecular flexibility index (Phi) is 9.38. The van der Waals surface area contributed by atoms with Gasteiger partial charge in [0.15, 0.2) is 0 Å². The maximum Gasteiger partial charge on any atom is 0.123 e. The highest BCUT2D eigenvalue weighted by atomic mass is 16.3. The van der Waals surface area contributed by atoms with Gasteiger partial charge in [-0.1, -0.05) is 79.4 Å². The minimum atomic E-state index is -1.13. The molecule has 0 amide bonds. The lowest BCUT2D eigenvalue weighted by Crippen LogP contribution is -2.21. The van der Waals surface area contributed by atoms with E-state index in [0.29, 0.717) is 28.7 Å². The molecule has 0 radical (unpaired) electrons. The number of hydrogen-bond donors (Lipinski definition) is 8. The summed E-state index contributed by atoms with van der Waals surface area (Å²) < 4.78 is 0. The average molecular weight is 645 g/mol. The van der Waals surface area contributed by atoms with Crippen LogP contribution in [0.2, 0.25) is 0 Å². The molecular weight excluding hydrogens is 608 g/mol. The Bertz CT molecular complexity index is 1940. The molecule has 0 bridgehead atoms. The summed E-state index contributed by atoms with van der Waals surface area (Å²) in [5, 5.41) is 83.1. The number of allylic oxidation sites excluding steroid dienone is 5. The lowest BCUT2D eigenvalue weighted by molar-refractivity contribution is 0.429. The van der Waals surface area contributed by atoms with Gasteiger partial charge in [0.05, 0.1) is 0 Å². The third-order valence-electron chi connectivity index (χ3n) is 8.45. The number of phenolic OH excluding ortho intramolecular Hbond substituents is 8. The van der Waals surface area contributed by atoms with Crippen LogP contribution in [0, 0.1) is 0 Å². The van der Waals surface area contributed by atoms with Gasteiger partial charge < -0.3 is 40.9 Å². The Morgan fingerprint density at radius 2 is 1.10 bits per heavy atom. The molecular formula is C40H36O8. The summed E-state index contributed by atoms with van der Waals surface area (Å²) in [5.41, 5.74) is 2.97. The minimum absolute atomic E-state index is 0.105. The van der Waals surface area contributed by atoms with Crippen LogP contribution in [0.4, 0.5) is 0 Å². The predicted octanol–water partition coefficient (Wildman–Crippen LogP) is 7.84. The van der Waals surface area contributed by atoms with Crippen LogP contribution in [0.25, 0.3) is 5.57 Å². The van der Waals surface area contributed by atoms with Crippen LogP contribution < -0.4 is 0 Å². The molecule has 0 aliphatic heterocycles. The third kappa shape index (κ3) is 6.93. The van der Waals surface area contributed by atoms with Crippen molar-refractivity contribution in [3.05, 3.63) is 161 Å². The van der Waals surface area contributed by atoms with Crippen molar-refractivity contribution < 1.29 is 40.9 Å². The molecule has 0 unspecified atom stereocenters. The van der Waals surface area contributed by atoms with Crippen molar-refractivity contribution in [3.63, 3.8) is 0 Å². The molecule has 0 atom stereocenters. The van der Waals surface area contributed by atoms with Crippen molar-refractivity contribution in [3.8, 4) is 46.0 Å². The van der Waals surface area contributed by atoms with Crippen LogP contribution >= 0.6 is 0 Å². The molecule has 0 aliphatic rings. The van der Waals surface area contributed by atoms with Crippen molar-refractivity contribution in [2.45, 2.75) is 24.7 Å². The fraction of sp³-hybridized carbons (Fsp3) is 0.100. The highest BCUT2D eigenvalue weighted by Crippen LogP contribution is 2.45. The predicted molar refractivity (Wildman–Crippen MR) is 185 cm³/mol. The number of phenols is 8. The first-order valence-electron chi connectivity index (χ1n) is 15.1. The summed E-state index contributed by atoms with van der Waals surface area (Å²) in [7, 11) is 0. The average Bonchev–Trinajstić information content (AvgIpc) is 3.02. The molecule has 0 fully saturated rings. The van der Waals surface area contributed by atoms with Gasteiger partial charge in [-0.3, -0.25) is 0 Å². The minimum Gasteiger partial charge on any atom is -0.508 e. The van der Waals surface area contributed by atoms with E-state index in [1.165, 1.54) is 48.5 Å². The molecule has 5 aromatic carbocycles. The van der Waals surface area contributed by atoms with Gasteiger partial charge in [0, 0.05) is 57.9 Å². The highest BCUT2D eigenvalue weighted by molar-refractivity contribution is 5.76. The molecule has 0 saturated heterocycles. The molecule has 0 spiro atoms. The molecule has 0 heterocycles. The molecule has 8 N–H and O–H groups in total. The number of rotatable bonds is 10. The van der Waals surface area contributed by atoms with Crippen LogP contribution in [0.3, 0.4) is 0 Å². The molecule has 5 rings (SSSR count). The van der Waals surface area contributed by atoms with Crippen molar-refractivity contribution in [2.24, 2.45) is 0 Å². The van der Waals surface area contributed by atoms with E-state index in [-0.39, 0.29) is 46.0 Å². The standard InChI is InChI=1S/C40H36O8/c1-3-5-25(16-17-40(2,34-14-10-29(43)22-38(34)47)35-15-11-30(44)23-39(35)48)26-7-4-6-24(18-26)19-33(31-12-8-27(41)20-36(31)45)32-13-9-28(42)21-37(32)46/h3-18,20-23,33,41-48H,1,19H2,2H3/b17-16-,25-5+. The van der Waals surface area contributed by atoms with Gasteiger partial charge in [-0.15, -0.1) is 0 Å². The van der Waals surface area contributed by atoms with Gasteiger partial charge in [-0.2, -0.15) is 0 Å². The van der Waals surface area contributed by atoms with Crippen molar-refractivity contribution in [1.82, 2.24) is 0 Å². The zero-order valence-corrected chi connectivity index (χ0v) is 26.1. The Morgan fingerprint density at radius 1 is 0.625 bits per heavy atom. The van der Waals surface area contributed by atoms with E-state index >= 15 is 0 Å². The summed E-state index contributed by atoms with van der Waals surface area (Å²) in [6.45, 7) is 5.67. The fourth-order valence-corrected chi connectivity index (χ4v) is 6.03. The number of hydrogen-bond acceptors (Lipinski definition) is 8. The molecule has 8 nitrogen and oxygen atoms in total. The van der Waals surface area contributed by atoms with E-state index in [9.17, 15) is 40.9 Å². The SMILES string of the molecule is C=C/C=C(\C=C/C(C)(c1ccc(O)cc1O)c1ccc(O)cc1O)c1cccc(CC(c2ccc(O)cc2O)c2ccc(O)cc2O)c1. The zero-order chi connectivity index (χ0) is 34.6. The van der Waals surface area contributed by atoms with Crippen molar-refractivity contribution in [1.29, 1.82) is 0 Å². The molecule has 0 aromatic heterocycles. The lowest BCUT2D eigenvalue weighted by atomic mass is 9.74. The maximum absolute atomic E-state index is 10.9. The van der Waals surface area contributed by atoms with E-state index in [2.05, 4.69) is 6.58 Å². The second-order valence-corrected chi connectivity index (χ2v) is 11.7. The smallest absolute Gasteiger partial charge is 0.123 e. The Hall–Kier alpha value is -6.28. The van der Waals surface area contributed by atoms with Gasteiger partial charge in [0.1, 0.15) is 46.0 Å². The van der Waals surface area contributed by atoms with Crippen LogP contribution in [0.1, 0.15) is 46.2 Å². The van der Waals surface area contributed by atoms with E-state index in [1.54, 1.807) is 49.4 Å². The highest BCUT2D eigenvalue weighted by Gasteiger charge is 2.32. The van der Waals surface area contributed by atoms with Crippen LogP contribution in [0.15, 0.2) is 128 Å². The quantitative estimate of drug-likeness (QED) is 0.0713. The van der Waals surface area contributed by atoms with E-state index in [4.69, 9.17) is 0 Å². The summed E-state index contributed by atoms with van der Waals surface area (Å²) in [4.78, 5) is 0. The van der Waals surface area contributed by atoms with E-state index in [1.807, 2.05) is 30.3 Å². The number of aromatic hydroxyl groups is 8. The second kappa shape index (κ2) is 13.6. The first kappa shape index (κ1) is 33.1. The summed E-state index contributed by atoms with van der Waals surface area (Å²) in [5.74, 6) is -1.68. The van der Waals surface area contributed by atoms with E-state index in [0.717, 1.165) is 16.7 Å². The summed E-state index contributed by atoms with van der Waals surface area (Å²) in [6, 6.07) is 24.7. The molecule has 5 aromatic rings. The largest absolute Gasteiger partial charge is 0.508 e. The van der Waals surface area contributed by atoms with Gasteiger partial charge in [0.2, 0.25) is 0 Å². The van der Waals surface area contributed by atoms with Crippen LogP contribution in [-0.2, 0) is 11.8 Å². The molecule has 48 heavy (non-hydrogen) atoms. The van der Waals surface area contributed by atoms with Gasteiger partial charge in [-0.05, 0) is 54.3 Å². The summed E-state index contributed by atoms with van der Waals surface area (Å²) >= 11 is 0. The van der Waals surface area contributed by atoms with E-state index < -0.39 is 11.3 Å². The Labute approximate surface area is 278 Å². The first-order chi connectivity index (χ1) is 22.9. The monoisotopic (exact) mass is 644 g/mol. The van der Waals surface area contributed by atoms with Gasteiger partial charge in [0.25, 0.3) is 0 Å². The Morgan fingerprint density at radius 3 is 1.56 bits per heavy atom. The zero-order valence-electron chi connectivity index (χ0n) is 26.1. The van der Waals surface area contributed by atoms with Crippen molar-refractivity contribution in [2.75, 3.05) is 0 Å². The molecule has 0 aliphatic carbocycles. The lowest BCUT2D eigenvalue weighted by Gasteiger charge is -2.29. The first-order valence-corrected chi connectivity index (χ1v) is 15.1. The molecule has 0 saturated carbocycles. The summed E-state index contributed by atoms with van der Waals surface area (Å²) in [6.07, 6.45) is 7.40. The third-order valence-corrected chi connectivity index (χ3v) is 8.45.